The molecule has 1 heterocycles. The molecule has 0 saturated carbocycles. The van der Waals surface area contributed by atoms with Crippen molar-refractivity contribution in [3.63, 3.8) is 0 Å². The van der Waals surface area contributed by atoms with Gasteiger partial charge in [0.2, 0.25) is 0 Å². The van der Waals surface area contributed by atoms with E-state index in [1.165, 1.54) is 44.3 Å². The van der Waals surface area contributed by atoms with Gasteiger partial charge in [-0.3, -0.25) is 4.90 Å². The Hall–Kier alpha value is -0.860. The smallest absolute Gasteiger partial charge is 0.0234 e. The second-order valence-electron chi connectivity index (χ2n) is 6.76. The van der Waals surface area contributed by atoms with Gasteiger partial charge in [-0.25, -0.2) is 0 Å². The SMILES string of the molecule is CNCC1(C)CCN(Cc2ccc3c(c2)CCC3)C1. The molecule has 0 amide bonds. The van der Waals surface area contributed by atoms with Crippen molar-refractivity contribution in [3.8, 4) is 0 Å². The first-order valence-electron chi connectivity index (χ1n) is 7.66. The molecule has 1 N–H and O–H groups in total. The Morgan fingerprint density at radius 2 is 2.11 bits per heavy atom. The van der Waals surface area contributed by atoms with E-state index in [0.717, 1.165) is 13.1 Å². The van der Waals surface area contributed by atoms with Gasteiger partial charge >= 0.3 is 0 Å². The highest BCUT2D eigenvalue weighted by Gasteiger charge is 2.32. The summed E-state index contributed by atoms with van der Waals surface area (Å²) >= 11 is 0. The van der Waals surface area contributed by atoms with Crippen LogP contribution in [0.2, 0.25) is 0 Å². The Bertz CT molecular complexity index is 455. The van der Waals surface area contributed by atoms with Crippen molar-refractivity contribution in [2.45, 2.75) is 39.2 Å². The Kier molecular flexibility index (Phi) is 3.64. The highest BCUT2D eigenvalue weighted by Crippen LogP contribution is 2.30. The first-order valence-corrected chi connectivity index (χ1v) is 7.66. The molecular formula is C17H26N2. The maximum Gasteiger partial charge on any atom is 0.0234 e. The number of rotatable bonds is 4. The molecule has 1 aromatic carbocycles. The summed E-state index contributed by atoms with van der Waals surface area (Å²) in [6.07, 6.45) is 5.25. The van der Waals surface area contributed by atoms with Crippen LogP contribution in [0, 0.1) is 5.41 Å². The summed E-state index contributed by atoms with van der Waals surface area (Å²) in [5.74, 6) is 0. The van der Waals surface area contributed by atoms with E-state index in [-0.39, 0.29) is 0 Å². The zero-order chi connectivity index (χ0) is 13.3. The van der Waals surface area contributed by atoms with Crippen LogP contribution in [0.1, 0.15) is 36.5 Å². The molecule has 1 saturated heterocycles. The Labute approximate surface area is 117 Å². The van der Waals surface area contributed by atoms with Crippen LogP contribution < -0.4 is 5.32 Å². The van der Waals surface area contributed by atoms with Gasteiger partial charge in [-0.05, 0) is 61.4 Å². The van der Waals surface area contributed by atoms with Crippen molar-refractivity contribution in [2.75, 3.05) is 26.7 Å². The molecule has 0 aromatic heterocycles. The third-order valence-corrected chi connectivity index (χ3v) is 4.81. The lowest BCUT2D eigenvalue weighted by Gasteiger charge is -2.24. The van der Waals surface area contributed by atoms with Crippen LogP contribution in [0.25, 0.3) is 0 Å². The fourth-order valence-electron chi connectivity index (χ4n) is 3.81. The van der Waals surface area contributed by atoms with E-state index in [1.807, 2.05) is 0 Å². The molecule has 1 atom stereocenters. The summed E-state index contributed by atoms with van der Waals surface area (Å²) in [6, 6.07) is 7.16. The lowest BCUT2D eigenvalue weighted by molar-refractivity contribution is 0.265. The standard InChI is InChI=1S/C17H26N2/c1-17(12-18-2)8-9-19(13-17)11-14-6-7-15-4-3-5-16(15)10-14/h6-7,10,18H,3-5,8-9,11-13H2,1-2H3. The van der Waals surface area contributed by atoms with Gasteiger partial charge in [-0.2, -0.15) is 0 Å². The first-order chi connectivity index (χ1) is 9.18. The van der Waals surface area contributed by atoms with Crippen molar-refractivity contribution in [1.29, 1.82) is 0 Å². The number of nitrogens with one attached hydrogen (secondary N) is 1. The maximum absolute atomic E-state index is 3.34. The van der Waals surface area contributed by atoms with Gasteiger partial charge in [0.1, 0.15) is 0 Å². The normalized spacial score (nSPS) is 26.8. The van der Waals surface area contributed by atoms with Crippen molar-refractivity contribution in [2.24, 2.45) is 5.41 Å². The second kappa shape index (κ2) is 5.26. The molecule has 104 valence electrons. The second-order valence-corrected chi connectivity index (χ2v) is 6.76. The van der Waals surface area contributed by atoms with Gasteiger partial charge in [0.15, 0.2) is 0 Å². The molecular weight excluding hydrogens is 232 g/mol. The van der Waals surface area contributed by atoms with E-state index in [9.17, 15) is 0 Å². The fourth-order valence-corrected chi connectivity index (χ4v) is 3.81. The van der Waals surface area contributed by atoms with Gasteiger partial charge in [-0.1, -0.05) is 25.1 Å². The molecule has 1 aliphatic heterocycles. The van der Waals surface area contributed by atoms with Crippen LogP contribution in [0.15, 0.2) is 18.2 Å². The number of aryl methyl sites for hydroxylation is 2. The number of nitrogens with zero attached hydrogens (tertiary/aromatic N) is 1. The number of benzene rings is 1. The van der Waals surface area contributed by atoms with E-state index >= 15 is 0 Å². The van der Waals surface area contributed by atoms with Crippen LogP contribution in [0.5, 0.6) is 0 Å². The number of likely N-dealkylation sites (tertiary alicyclic amines) is 1. The highest BCUT2D eigenvalue weighted by atomic mass is 15.2. The highest BCUT2D eigenvalue weighted by molar-refractivity contribution is 5.35. The molecule has 2 aliphatic rings. The van der Waals surface area contributed by atoms with Gasteiger partial charge in [-0.15, -0.1) is 0 Å². The lowest BCUT2D eigenvalue weighted by atomic mass is 9.90. The van der Waals surface area contributed by atoms with E-state index in [1.54, 1.807) is 11.1 Å². The van der Waals surface area contributed by atoms with Crippen molar-refractivity contribution in [1.82, 2.24) is 10.2 Å². The molecule has 1 aliphatic carbocycles. The fraction of sp³-hybridized carbons (Fsp3) is 0.647. The molecule has 0 bridgehead atoms. The molecule has 1 unspecified atom stereocenters. The van der Waals surface area contributed by atoms with Crippen LogP contribution >= 0.6 is 0 Å². The Morgan fingerprint density at radius 1 is 1.26 bits per heavy atom. The molecule has 3 rings (SSSR count). The average Bonchev–Trinajstić information content (AvgIpc) is 2.96. The van der Waals surface area contributed by atoms with Crippen LogP contribution in [0.4, 0.5) is 0 Å². The maximum atomic E-state index is 3.34. The summed E-state index contributed by atoms with van der Waals surface area (Å²) < 4.78 is 0. The van der Waals surface area contributed by atoms with Gasteiger partial charge in [0.25, 0.3) is 0 Å². The van der Waals surface area contributed by atoms with Crippen molar-refractivity contribution >= 4 is 0 Å². The zero-order valence-corrected chi connectivity index (χ0v) is 12.3. The average molecular weight is 258 g/mol. The summed E-state index contributed by atoms with van der Waals surface area (Å²) in [5.41, 5.74) is 5.17. The first kappa shape index (κ1) is 13.1. The van der Waals surface area contributed by atoms with E-state index < -0.39 is 0 Å². The lowest BCUT2D eigenvalue weighted by Crippen LogP contribution is -2.32. The van der Waals surface area contributed by atoms with Crippen LogP contribution in [-0.4, -0.2) is 31.6 Å². The van der Waals surface area contributed by atoms with Gasteiger partial charge < -0.3 is 5.32 Å². The third-order valence-electron chi connectivity index (χ3n) is 4.81. The van der Waals surface area contributed by atoms with Crippen molar-refractivity contribution in [3.05, 3.63) is 34.9 Å². The molecule has 2 nitrogen and oxygen atoms in total. The third kappa shape index (κ3) is 2.85. The molecule has 0 radical (unpaired) electrons. The monoisotopic (exact) mass is 258 g/mol. The molecule has 19 heavy (non-hydrogen) atoms. The van der Waals surface area contributed by atoms with Gasteiger partial charge in [0, 0.05) is 19.6 Å². The number of hydrogen-bond donors (Lipinski definition) is 1. The minimum atomic E-state index is 0.464. The van der Waals surface area contributed by atoms with E-state index in [0.29, 0.717) is 5.41 Å². The Morgan fingerprint density at radius 3 is 2.95 bits per heavy atom. The van der Waals surface area contributed by atoms with E-state index in [4.69, 9.17) is 0 Å². The van der Waals surface area contributed by atoms with Crippen LogP contribution in [0.3, 0.4) is 0 Å². The summed E-state index contributed by atoms with van der Waals surface area (Å²) in [6.45, 7) is 7.15. The largest absolute Gasteiger partial charge is 0.319 e. The minimum Gasteiger partial charge on any atom is -0.319 e. The molecule has 1 aromatic rings. The quantitative estimate of drug-likeness (QED) is 0.893. The molecule has 2 heteroatoms. The summed E-state index contributed by atoms with van der Waals surface area (Å²) in [7, 11) is 2.06. The summed E-state index contributed by atoms with van der Waals surface area (Å²) in [4.78, 5) is 2.62. The molecule has 1 fully saturated rings. The number of hydrogen-bond acceptors (Lipinski definition) is 2. The van der Waals surface area contributed by atoms with E-state index in [2.05, 4.69) is 42.4 Å². The minimum absolute atomic E-state index is 0.464. The zero-order valence-electron chi connectivity index (χ0n) is 12.3. The topological polar surface area (TPSA) is 15.3 Å². The van der Waals surface area contributed by atoms with Crippen molar-refractivity contribution < 1.29 is 0 Å². The summed E-state index contributed by atoms with van der Waals surface area (Å²) in [5, 5.41) is 3.34. The predicted octanol–water partition coefficient (Wildman–Crippen LogP) is 2.61. The van der Waals surface area contributed by atoms with Crippen LogP contribution in [-0.2, 0) is 19.4 Å². The predicted molar refractivity (Wildman–Crippen MR) is 80.4 cm³/mol. The molecule has 0 spiro atoms. The Balaban J connectivity index is 1.63. The number of fused-ring (bicyclic) bond motifs is 1. The van der Waals surface area contributed by atoms with Gasteiger partial charge in [0.05, 0.1) is 0 Å².